The molecular formula is C21H19ClN2O4S. The Morgan fingerprint density at radius 1 is 1.17 bits per heavy atom. The molecule has 0 saturated carbocycles. The van der Waals surface area contributed by atoms with Crippen molar-refractivity contribution in [2.45, 2.75) is 6.42 Å². The lowest BCUT2D eigenvalue weighted by Crippen LogP contribution is -2.30. The fourth-order valence-electron chi connectivity index (χ4n) is 2.52. The van der Waals surface area contributed by atoms with Crippen LogP contribution in [0.25, 0.3) is 10.6 Å². The second kappa shape index (κ2) is 10.0. The minimum atomic E-state index is -0.639. The zero-order chi connectivity index (χ0) is 20.6. The number of amides is 1. The van der Waals surface area contributed by atoms with Gasteiger partial charge in [-0.15, -0.1) is 11.3 Å². The molecular weight excluding hydrogens is 412 g/mol. The van der Waals surface area contributed by atoms with Crippen LogP contribution >= 0.6 is 22.9 Å². The minimum Gasteiger partial charge on any atom is -0.497 e. The maximum absolute atomic E-state index is 12.1. The maximum atomic E-state index is 12.1. The Hall–Kier alpha value is -2.90. The average Bonchev–Trinajstić information content (AvgIpc) is 3.23. The van der Waals surface area contributed by atoms with Gasteiger partial charge < -0.3 is 14.8 Å². The number of thiazole rings is 1. The van der Waals surface area contributed by atoms with E-state index in [1.807, 2.05) is 36.4 Å². The summed E-state index contributed by atoms with van der Waals surface area (Å²) in [6.45, 7) is 0.0871. The summed E-state index contributed by atoms with van der Waals surface area (Å²) in [6.07, 6.45) is 0.665. The average molecular weight is 431 g/mol. The lowest BCUT2D eigenvalue weighted by atomic mass is 10.1. The molecule has 2 aromatic carbocycles. The van der Waals surface area contributed by atoms with Crippen molar-refractivity contribution in [2.24, 2.45) is 0 Å². The van der Waals surface area contributed by atoms with Gasteiger partial charge in [0.05, 0.1) is 7.11 Å². The molecule has 1 heterocycles. The molecule has 29 heavy (non-hydrogen) atoms. The molecule has 0 radical (unpaired) electrons. The number of halogens is 1. The van der Waals surface area contributed by atoms with Crippen molar-refractivity contribution in [2.75, 3.05) is 20.3 Å². The quantitative estimate of drug-likeness (QED) is 0.547. The first kappa shape index (κ1) is 20.8. The van der Waals surface area contributed by atoms with Gasteiger partial charge >= 0.3 is 5.97 Å². The van der Waals surface area contributed by atoms with Crippen LogP contribution in [0.15, 0.2) is 53.9 Å². The number of hydrogen-bond acceptors (Lipinski definition) is 6. The van der Waals surface area contributed by atoms with Crippen molar-refractivity contribution >= 4 is 34.8 Å². The zero-order valence-corrected chi connectivity index (χ0v) is 17.3. The van der Waals surface area contributed by atoms with Gasteiger partial charge in [0.2, 0.25) is 0 Å². The normalized spacial score (nSPS) is 10.4. The first-order valence-corrected chi connectivity index (χ1v) is 10.1. The van der Waals surface area contributed by atoms with Gasteiger partial charge in [0, 0.05) is 22.5 Å². The third kappa shape index (κ3) is 6.04. The van der Waals surface area contributed by atoms with Gasteiger partial charge in [-0.2, -0.15) is 0 Å². The number of carbonyl (C=O) groups excluding carboxylic acids is 2. The first-order chi connectivity index (χ1) is 14.0. The SMILES string of the molecule is COc1ccc(CCNC(=O)COC(=O)c2csc(-c3cccc(Cl)c3)n2)cc1. The molecule has 0 aliphatic rings. The van der Waals surface area contributed by atoms with Crippen LogP contribution in [0.4, 0.5) is 0 Å². The number of benzene rings is 2. The number of hydrogen-bond donors (Lipinski definition) is 1. The van der Waals surface area contributed by atoms with E-state index in [2.05, 4.69) is 10.3 Å². The summed E-state index contributed by atoms with van der Waals surface area (Å²) in [5.74, 6) is -0.220. The zero-order valence-electron chi connectivity index (χ0n) is 15.7. The molecule has 0 aliphatic carbocycles. The van der Waals surface area contributed by atoms with E-state index in [4.69, 9.17) is 21.1 Å². The lowest BCUT2D eigenvalue weighted by Gasteiger charge is -2.06. The number of nitrogens with one attached hydrogen (secondary N) is 1. The first-order valence-electron chi connectivity index (χ1n) is 8.83. The fraction of sp³-hybridized carbons (Fsp3) is 0.190. The van der Waals surface area contributed by atoms with E-state index >= 15 is 0 Å². The van der Waals surface area contributed by atoms with Gasteiger partial charge in [0.1, 0.15) is 10.8 Å². The van der Waals surface area contributed by atoms with Crippen LogP contribution in [0, 0.1) is 0 Å². The highest BCUT2D eigenvalue weighted by atomic mass is 35.5. The van der Waals surface area contributed by atoms with E-state index < -0.39 is 5.97 Å². The molecule has 8 heteroatoms. The highest BCUT2D eigenvalue weighted by molar-refractivity contribution is 7.13. The Labute approximate surface area is 177 Å². The molecule has 0 aliphatic heterocycles. The summed E-state index contributed by atoms with van der Waals surface area (Å²) in [6, 6.07) is 14.8. The van der Waals surface area contributed by atoms with Crippen LogP contribution in [0.2, 0.25) is 5.02 Å². The summed E-state index contributed by atoms with van der Waals surface area (Å²) in [4.78, 5) is 28.3. The van der Waals surface area contributed by atoms with Crippen LogP contribution < -0.4 is 10.1 Å². The van der Waals surface area contributed by atoms with Crippen molar-refractivity contribution in [1.82, 2.24) is 10.3 Å². The topological polar surface area (TPSA) is 77.5 Å². The largest absolute Gasteiger partial charge is 0.497 e. The monoisotopic (exact) mass is 430 g/mol. The Morgan fingerprint density at radius 2 is 1.97 bits per heavy atom. The second-order valence-electron chi connectivity index (χ2n) is 6.07. The van der Waals surface area contributed by atoms with Gasteiger partial charge in [0.25, 0.3) is 5.91 Å². The van der Waals surface area contributed by atoms with Crippen LogP contribution in [0.5, 0.6) is 5.75 Å². The molecule has 0 atom stereocenters. The molecule has 0 unspecified atom stereocenters. The van der Waals surface area contributed by atoms with E-state index in [-0.39, 0.29) is 18.2 Å². The molecule has 0 saturated heterocycles. The molecule has 1 aromatic heterocycles. The van der Waals surface area contributed by atoms with E-state index in [1.54, 1.807) is 24.6 Å². The Morgan fingerprint density at radius 3 is 2.69 bits per heavy atom. The molecule has 3 aromatic rings. The number of aromatic nitrogens is 1. The minimum absolute atomic E-state index is 0.163. The van der Waals surface area contributed by atoms with Crippen LogP contribution in [0.3, 0.4) is 0 Å². The standard InChI is InChI=1S/C21H19ClN2O4S/c1-27-17-7-5-14(6-8-17)9-10-23-19(25)12-28-21(26)18-13-29-20(24-18)15-3-2-4-16(22)11-15/h2-8,11,13H,9-10,12H2,1H3,(H,23,25). The van der Waals surface area contributed by atoms with Crippen molar-refractivity contribution < 1.29 is 19.1 Å². The molecule has 0 spiro atoms. The van der Waals surface area contributed by atoms with Gasteiger partial charge in [0.15, 0.2) is 12.3 Å². The molecule has 0 fully saturated rings. The highest BCUT2D eigenvalue weighted by Gasteiger charge is 2.15. The maximum Gasteiger partial charge on any atom is 0.358 e. The highest BCUT2D eigenvalue weighted by Crippen LogP contribution is 2.26. The molecule has 0 bridgehead atoms. The molecule has 150 valence electrons. The van der Waals surface area contributed by atoms with Crippen LogP contribution in [-0.2, 0) is 16.0 Å². The molecule has 6 nitrogen and oxygen atoms in total. The van der Waals surface area contributed by atoms with Gasteiger partial charge in [-0.3, -0.25) is 4.79 Å². The summed E-state index contributed by atoms with van der Waals surface area (Å²) in [7, 11) is 1.61. The second-order valence-corrected chi connectivity index (χ2v) is 7.37. The summed E-state index contributed by atoms with van der Waals surface area (Å²) < 4.78 is 10.2. The van der Waals surface area contributed by atoms with Crippen molar-refractivity contribution in [3.05, 3.63) is 70.2 Å². The number of esters is 1. The van der Waals surface area contributed by atoms with Crippen molar-refractivity contribution in [1.29, 1.82) is 0 Å². The Kier molecular flexibility index (Phi) is 7.21. The van der Waals surface area contributed by atoms with E-state index in [1.165, 1.54) is 11.3 Å². The summed E-state index contributed by atoms with van der Waals surface area (Å²) in [5, 5.41) is 5.57. The van der Waals surface area contributed by atoms with Gasteiger partial charge in [-0.1, -0.05) is 35.9 Å². The Bertz CT molecular complexity index is 988. The number of nitrogens with zero attached hydrogens (tertiary/aromatic N) is 1. The predicted octanol–water partition coefficient (Wildman–Crippen LogP) is 3.99. The lowest BCUT2D eigenvalue weighted by molar-refractivity contribution is -0.124. The third-order valence-corrected chi connectivity index (χ3v) is 5.14. The van der Waals surface area contributed by atoms with E-state index in [9.17, 15) is 9.59 Å². The summed E-state index contributed by atoms with van der Waals surface area (Å²) in [5.41, 5.74) is 2.05. The fourth-order valence-corrected chi connectivity index (χ4v) is 3.49. The number of ether oxygens (including phenoxy) is 2. The molecule has 1 N–H and O–H groups in total. The molecule has 3 rings (SSSR count). The van der Waals surface area contributed by atoms with E-state index in [0.717, 1.165) is 16.9 Å². The van der Waals surface area contributed by atoms with Gasteiger partial charge in [-0.25, -0.2) is 9.78 Å². The smallest absolute Gasteiger partial charge is 0.358 e. The number of carbonyl (C=O) groups is 2. The van der Waals surface area contributed by atoms with E-state index in [0.29, 0.717) is 23.0 Å². The third-order valence-electron chi connectivity index (χ3n) is 4.01. The molecule has 1 amide bonds. The Balaban J connectivity index is 1.43. The van der Waals surface area contributed by atoms with Crippen LogP contribution in [-0.4, -0.2) is 37.1 Å². The predicted molar refractivity (Wildman–Crippen MR) is 113 cm³/mol. The van der Waals surface area contributed by atoms with Gasteiger partial charge in [-0.05, 0) is 36.2 Å². The van der Waals surface area contributed by atoms with Crippen molar-refractivity contribution in [3.63, 3.8) is 0 Å². The number of rotatable bonds is 8. The van der Waals surface area contributed by atoms with Crippen molar-refractivity contribution in [3.8, 4) is 16.3 Å². The van der Waals surface area contributed by atoms with Crippen LogP contribution in [0.1, 0.15) is 16.1 Å². The number of methoxy groups -OCH3 is 1. The summed E-state index contributed by atoms with van der Waals surface area (Å²) >= 11 is 7.29.